The fourth-order valence-electron chi connectivity index (χ4n) is 1.66. The molecular formula is C10H12FNO2S. The summed E-state index contributed by atoms with van der Waals surface area (Å²) < 4.78 is 37.0. The van der Waals surface area contributed by atoms with Gasteiger partial charge in [-0.1, -0.05) is 12.1 Å². The number of hydrogen-bond donors (Lipinski definition) is 0. The molecule has 1 saturated heterocycles. The second-order valence-corrected chi connectivity index (χ2v) is 5.72. The predicted molar refractivity (Wildman–Crippen MR) is 55.2 cm³/mol. The summed E-state index contributed by atoms with van der Waals surface area (Å²) in [7, 11) is -3.06. The average molecular weight is 229 g/mol. The van der Waals surface area contributed by atoms with E-state index < -0.39 is 10.0 Å². The lowest BCUT2D eigenvalue weighted by atomic mass is 10.2. The van der Waals surface area contributed by atoms with E-state index in [1.807, 2.05) is 0 Å². The number of rotatable bonds is 2. The van der Waals surface area contributed by atoms with Gasteiger partial charge < -0.3 is 0 Å². The predicted octanol–water partition coefficient (Wildman–Crippen LogP) is 1.36. The van der Waals surface area contributed by atoms with Gasteiger partial charge in [0.2, 0.25) is 10.0 Å². The Balaban J connectivity index is 2.12. The van der Waals surface area contributed by atoms with Crippen molar-refractivity contribution in [1.82, 2.24) is 4.31 Å². The van der Waals surface area contributed by atoms with Gasteiger partial charge in [-0.2, -0.15) is 4.31 Å². The van der Waals surface area contributed by atoms with Gasteiger partial charge in [-0.15, -0.1) is 0 Å². The third-order valence-electron chi connectivity index (χ3n) is 2.48. The first-order valence-electron chi connectivity index (χ1n) is 4.80. The molecule has 1 aliphatic heterocycles. The van der Waals surface area contributed by atoms with Crippen LogP contribution in [0.5, 0.6) is 0 Å². The van der Waals surface area contributed by atoms with Crippen LogP contribution in [-0.4, -0.2) is 25.0 Å². The minimum Gasteiger partial charge on any atom is -0.212 e. The van der Waals surface area contributed by atoms with E-state index >= 15 is 0 Å². The first-order chi connectivity index (χ1) is 7.08. The SMILES string of the molecule is O=S1(=O)CCCN1Cc1ccc(F)cc1. The van der Waals surface area contributed by atoms with Crippen molar-refractivity contribution in [2.45, 2.75) is 13.0 Å². The standard InChI is InChI=1S/C10H12FNO2S/c11-10-4-2-9(3-5-10)8-12-6-1-7-15(12,13)14/h2-5H,1,6-8H2. The largest absolute Gasteiger partial charge is 0.214 e. The minimum absolute atomic E-state index is 0.230. The number of benzene rings is 1. The molecule has 0 unspecified atom stereocenters. The zero-order valence-corrected chi connectivity index (χ0v) is 9.00. The van der Waals surface area contributed by atoms with Crippen LogP contribution in [0, 0.1) is 5.82 Å². The lowest BCUT2D eigenvalue weighted by Gasteiger charge is -2.13. The van der Waals surface area contributed by atoms with E-state index in [-0.39, 0.29) is 11.6 Å². The summed E-state index contributed by atoms with van der Waals surface area (Å²) in [6.07, 6.45) is 0.684. The van der Waals surface area contributed by atoms with Gasteiger partial charge in [-0.05, 0) is 24.1 Å². The maximum atomic E-state index is 12.6. The maximum absolute atomic E-state index is 12.6. The second-order valence-electron chi connectivity index (χ2n) is 3.63. The van der Waals surface area contributed by atoms with E-state index in [9.17, 15) is 12.8 Å². The maximum Gasteiger partial charge on any atom is 0.214 e. The zero-order valence-electron chi connectivity index (χ0n) is 8.19. The topological polar surface area (TPSA) is 37.4 Å². The molecule has 0 amide bonds. The lowest BCUT2D eigenvalue weighted by molar-refractivity contribution is 0.439. The third kappa shape index (κ3) is 2.35. The van der Waals surface area contributed by atoms with Crippen molar-refractivity contribution in [2.75, 3.05) is 12.3 Å². The highest BCUT2D eigenvalue weighted by atomic mass is 32.2. The van der Waals surface area contributed by atoms with Crippen LogP contribution >= 0.6 is 0 Å². The molecule has 1 aliphatic rings. The smallest absolute Gasteiger partial charge is 0.212 e. The van der Waals surface area contributed by atoms with Gasteiger partial charge in [-0.3, -0.25) is 0 Å². The first kappa shape index (κ1) is 10.6. The normalized spacial score (nSPS) is 20.6. The van der Waals surface area contributed by atoms with Gasteiger partial charge in [0.15, 0.2) is 0 Å². The molecule has 3 nitrogen and oxygen atoms in total. The van der Waals surface area contributed by atoms with Crippen molar-refractivity contribution in [3.05, 3.63) is 35.6 Å². The number of halogens is 1. The summed E-state index contributed by atoms with van der Waals surface area (Å²) in [5.41, 5.74) is 0.821. The molecule has 0 N–H and O–H groups in total. The molecule has 0 spiro atoms. The minimum atomic E-state index is -3.06. The highest BCUT2D eigenvalue weighted by Crippen LogP contribution is 2.17. The Morgan fingerprint density at radius 3 is 2.47 bits per heavy atom. The summed E-state index contributed by atoms with van der Waals surface area (Å²) in [6.45, 7) is 0.919. The van der Waals surface area contributed by atoms with Crippen molar-refractivity contribution < 1.29 is 12.8 Å². The van der Waals surface area contributed by atoms with Crippen LogP contribution in [0.15, 0.2) is 24.3 Å². The van der Waals surface area contributed by atoms with Crippen LogP contribution in [0.1, 0.15) is 12.0 Å². The summed E-state index contributed by atoms with van der Waals surface area (Å²) in [4.78, 5) is 0. The molecule has 0 saturated carbocycles. The van der Waals surface area contributed by atoms with Crippen LogP contribution < -0.4 is 0 Å². The van der Waals surface area contributed by atoms with Gasteiger partial charge in [0, 0.05) is 13.1 Å². The van der Waals surface area contributed by atoms with E-state index in [0.717, 1.165) is 5.56 Å². The molecule has 0 aromatic heterocycles. The molecule has 1 aromatic rings. The van der Waals surface area contributed by atoms with Gasteiger partial charge in [0.1, 0.15) is 5.82 Å². The number of hydrogen-bond acceptors (Lipinski definition) is 2. The fraction of sp³-hybridized carbons (Fsp3) is 0.400. The van der Waals surface area contributed by atoms with Crippen LogP contribution in [0.4, 0.5) is 4.39 Å². The lowest BCUT2D eigenvalue weighted by Crippen LogP contribution is -2.25. The van der Waals surface area contributed by atoms with Crippen LogP contribution in [0.3, 0.4) is 0 Å². The summed E-state index contributed by atoms with van der Waals surface area (Å²) >= 11 is 0. The summed E-state index contributed by atoms with van der Waals surface area (Å²) in [6, 6.07) is 5.92. The van der Waals surface area contributed by atoms with Gasteiger partial charge in [0.25, 0.3) is 0 Å². The molecule has 2 rings (SSSR count). The molecule has 82 valence electrons. The molecular weight excluding hydrogens is 217 g/mol. The molecule has 1 heterocycles. The molecule has 0 bridgehead atoms. The van der Waals surface area contributed by atoms with E-state index in [2.05, 4.69) is 0 Å². The van der Waals surface area contributed by atoms with Crippen molar-refractivity contribution in [2.24, 2.45) is 0 Å². The van der Waals surface area contributed by atoms with E-state index in [1.54, 1.807) is 12.1 Å². The van der Waals surface area contributed by atoms with Crippen LogP contribution in [0.2, 0.25) is 0 Å². The Morgan fingerprint density at radius 1 is 1.27 bits per heavy atom. The van der Waals surface area contributed by atoms with Crippen molar-refractivity contribution >= 4 is 10.0 Å². The molecule has 0 aliphatic carbocycles. The highest BCUT2D eigenvalue weighted by Gasteiger charge is 2.27. The number of sulfonamides is 1. The zero-order chi connectivity index (χ0) is 10.9. The van der Waals surface area contributed by atoms with E-state index in [4.69, 9.17) is 0 Å². The Kier molecular flexibility index (Phi) is 2.75. The molecule has 1 fully saturated rings. The fourth-order valence-corrected chi connectivity index (χ4v) is 3.17. The Morgan fingerprint density at radius 2 is 1.93 bits per heavy atom. The Labute approximate surface area is 88.6 Å². The van der Waals surface area contributed by atoms with Gasteiger partial charge >= 0.3 is 0 Å². The molecule has 5 heteroatoms. The highest BCUT2D eigenvalue weighted by molar-refractivity contribution is 7.89. The second kappa shape index (κ2) is 3.90. The van der Waals surface area contributed by atoms with Crippen molar-refractivity contribution in [3.63, 3.8) is 0 Å². The molecule has 15 heavy (non-hydrogen) atoms. The van der Waals surface area contributed by atoms with E-state index in [0.29, 0.717) is 19.5 Å². The molecule has 0 radical (unpaired) electrons. The van der Waals surface area contributed by atoms with E-state index in [1.165, 1.54) is 16.4 Å². The van der Waals surface area contributed by atoms with Gasteiger partial charge in [0.05, 0.1) is 5.75 Å². The molecule has 0 atom stereocenters. The Hall–Kier alpha value is -0.940. The Bertz CT molecular complexity index is 441. The average Bonchev–Trinajstić information content (AvgIpc) is 2.50. The monoisotopic (exact) mass is 229 g/mol. The van der Waals surface area contributed by atoms with Crippen LogP contribution in [-0.2, 0) is 16.6 Å². The molecule has 1 aromatic carbocycles. The summed E-state index contributed by atoms with van der Waals surface area (Å²) in [5, 5.41) is 0. The van der Waals surface area contributed by atoms with Gasteiger partial charge in [-0.25, -0.2) is 12.8 Å². The quantitative estimate of drug-likeness (QED) is 0.768. The van der Waals surface area contributed by atoms with Crippen molar-refractivity contribution in [1.29, 1.82) is 0 Å². The van der Waals surface area contributed by atoms with Crippen LogP contribution in [0.25, 0.3) is 0 Å². The first-order valence-corrected chi connectivity index (χ1v) is 6.41. The third-order valence-corrected chi connectivity index (χ3v) is 4.38. The number of nitrogens with zero attached hydrogens (tertiary/aromatic N) is 1. The summed E-state index contributed by atoms with van der Waals surface area (Å²) in [5.74, 6) is -0.0724. The van der Waals surface area contributed by atoms with Crippen molar-refractivity contribution in [3.8, 4) is 0 Å².